The molecule has 0 heterocycles. The highest BCUT2D eigenvalue weighted by Gasteiger charge is 2.00. The lowest BCUT2D eigenvalue weighted by Gasteiger charge is -2.03. The van der Waals surface area contributed by atoms with Crippen molar-refractivity contribution in [1.29, 1.82) is 0 Å². The van der Waals surface area contributed by atoms with Gasteiger partial charge in [0, 0.05) is 6.42 Å². The van der Waals surface area contributed by atoms with Crippen molar-refractivity contribution in [1.82, 2.24) is 0 Å². The van der Waals surface area contributed by atoms with Crippen LogP contribution in [0.5, 0.6) is 0 Å². The quantitative estimate of drug-likeness (QED) is 0.0902. The number of hydrogen-bond donors (Lipinski definition) is 0. The van der Waals surface area contributed by atoms with Gasteiger partial charge in [-0.25, -0.2) is 0 Å². The molecular weight excluding hydrogens is 348 g/mol. The van der Waals surface area contributed by atoms with Gasteiger partial charge in [-0.1, -0.05) is 123 Å². The molecule has 0 aliphatic heterocycles. The van der Waals surface area contributed by atoms with Crippen LogP contribution in [0.2, 0.25) is 0 Å². The summed E-state index contributed by atoms with van der Waals surface area (Å²) in [4.78, 5) is 11.1. The molecule has 0 aromatic rings. The minimum atomic E-state index is -0.148. The predicted molar refractivity (Wildman–Crippen MR) is 122 cm³/mol. The van der Waals surface area contributed by atoms with Crippen LogP contribution in [-0.4, -0.2) is 12.6 Å². The van der Waals surface area contributed by atoms with E-state index < -0.39 is 0 Å². The van der Waals surface area contributed by atoms with Crippen LogP contribution in [0.4, 0.5) is 0 Å². The van der Waals surface area contributed by atoms with Crippen LogP contribution in [0, 0.1) is 0 Å². The summed E-state index contributed by atoms with van der Waals surface area (Å²) in [5.74, 6) is -0.148. The first-order valence-electron chi connectivity index (χ1n) is 11.4. The van der Waals surface area contributed by atoms with E-state index in [2.05, 4.69) is 36.1 Å². The maximum Gasteiger partial charge on any atom is 0.310 e. The first-order valence-corrected chi connectivity index (χ1v) is 11.4. The Morgan fingerprint density at radius 1 is 0.679 bits per heavy atom. The van der Waals surface area contributed by atoms with Crippen molar-refractivity contribution in [2.75, 3.05) is 6.61 Å². The molecule has 0 aliphatic rings. The van der Waals surface area contributed by atoms with E-state index in [1.807, 2.05) is 0 Å². The summed E-state index contributed by atoms with van der Waals surface area (Å²) in [6, 6.07) is 0. The smallest absolute Gasteiger partial charge is 0.310 e. The second-order valence-electron chi connectivity index (χ2n) is 7.14. The largest absolute Gasteiger partial charge is 0.498 e. The van der Waals surface area contributed by atoms with Crippen molar-refractivity contribution in [3.63, 3.8) is 0 Å². The summed E-state index contributed by atoms with van der Waals surface area (Å²) in [6.07, 6.45) is 25.0. The van der Waals surface area contributed by atoms with Crippen LogP contribution < -0.4 is 0 Å². The van der Waals surface area contributed by atoms with Crippen LogP contribution >= 0.6 is 0 Å². The van der Waals surface area contributed by atoms with Gasteiger partial charge in [0.15, 0.2) is 0 Å². The van der Waals surface area contributed by atoms with Gasteiger partial charge in [0.25, 0.3) is 0 Å². The van der Waals surface area contributed by atoms with Crippen LogP contribution in [0.15, 0.2) is 38.3 Å². The summed E-state index contributed by atoms with van der Waals surface area (Å²) < 4.78 is 9.31. The van der Waals surface area contributed by atoms with Crippen molar-refractivity contribution >= 4 is 5.97 Å². The minimum absolute atomic E-state index is 0.148. The van der Waals surface area contributed by atoms with E-state index in [4.69, 9.17) is 0 Å². The van der Waals surface area contributed by atoms with Crippen LogP contribution in [0.1, 0.15) is 110 Å². The van der Waals surface area contributed by atoms with Gasteiger partial charge >= 0.3 is 5.97 Å². The molecule has 3 nitrogen and oxygen atoms in total. The molecule has 0 aromatic heterocycles. The Kier molecular flexibility index (Phi) is 28.4. The first kappa shape index (κ1) is 28.7. The van der Waals surface area contributed by atoms with Gasteiger partial charge in [-0.05, 0) is 6.42 Å². The summed E-state index contributed by atoms with van der Waals surface area (Å²) in [7, 11) is 0. The van der Waals surface area contributed by atoms with Crippen LogP contribution in [0.25, 0.3) is 0 Å². The standard InChI is InChI=1S/C20H38O2.C5H8O/c1-3-5-6-7-8-9-10-11-12-13-14-15-16-17-18-19-20(21)22-4-2;1-3-5-6-4-2/h4H,2-3,5-19H2,1H3;3-4H,1-2,5H2. The molecule has 0 N–H and O–H groups in total. The number of carbonyl (C=O) groups excluding carboxylic acids is 1. The van der Waals surface area contributed by atoms with E-state index in [0.29, 0.717) is 13.0 Å². The summed E-state index contributed by atoms with van der Waals surface area (Å²) in [6.45, 7) is 13.0. The molecule has 0 unspecified atom stereocenters. The van der Waals surface area contributed by atoms with Crippen molar-refractivity contribution in [2.45, 2.75) is 110 Å². The van der Waals surface area contributed by atoms with Crippen molar-refractivity contribution in [3.05, 3.63) is 38.3 Å². The fourth-order valence-corrected chi connectivity index (χ4v) is 2.93. The predicted octanol–water partition coefficient (Wildman–Crippen LogP) is 8.27. The monoisotopic (exact) mass is 394 g/mol. The normalized spacial score (nSPS) is 9.75. The highest BCUT2D eigenvalue weighted by atomic mass is 16.5. The zero-order chi connectivity index (χ0) is 21.1. The third kappa shape index (κ3) is 29.3. The van der Waals surface area contributed by atoms with E-state index in [-0.39, 0.29) is 5.97 Å². The molecule has 0 fully saturated rings. The van der Waals surface area contributed by atoms with Crippen LogP contribution in [0.3, 0.4) is 0 Å². The van der Waals surface area contributed by atoms with E-state index in [9.17, 15) is 4.79 Å². The van der Waals surface area contributed by atoms with Gasteiger partial charge < -0.3 is 9.47 Å². The fraction of sp³-hybridized carbons (Fsp3) is 0.720. The molecule has 0 rings (SSSR count). The molecule has 0 saturated heterocycles. The Labute approximate surface area is 175 Å². The molecule has 0 radical (unpaired) electrons. The molecule has 0 atom stereocenters. The molecule has 28 heavy (non-hydrogen) atoms. The second kappa shape index (κ2) is 27.7. The lowest BCUT2D eigenvalue weighted by atomic mass is 10.0. The fourth-order valence-electron chi connectivity index (χ4n) is 2.93. The zero-order valence-corrected chi connectivity index (χ0v) is 18.6. The molecule has 164 valence electrons. The Balaban J connectivity index is 0. The number of carbonyl (C=O) groups is 1. The molecule has 0 aliphatic carbocycles. The van der Waals surface area contributed by atoms with Crippen molar-refractivity contribution < 1.29 is 14.3 Å². The van der Waals surface area contributed by atoms with E-state index in [1.54, 1.807) is 6.08 Å². The number of unbranched alkanes of at least 4 members (excludes halogenated alkanes) is 14. The number of rotatable bonds is 20. The molecule has 0 saturated carbocycles. The van der Waals surface area contributed by atoms with E-state index in [0.717, 1.165) is 12.8 Å². The highest BCUT2D eigenvalue weighted by molar-refractivity contribution is 5.69. The number of hydrogen-bond acceptors (Lipinski definition) is 3. The van der Waals surface area contributed by atoms with Gasteiger partial charge in [-0.2, -0.15) is 0 Å². The molecule has 0 spiro atoms. The molecule has 3 heteroatoms. The van der Waals surface area contributed by atoms with Crippen LogP contribution in [-0.2, 0) is 14.3 Å². The van der Waals surface area contributed by atoms with Gasteiger partial charge in [0.1, 0.15) is 6.61 Å². The average Bonchev–Trinajstić information content (AvgIpc) is 2.70. The third-order valence-corrected chi connectivity index (χ3v) is 4.53. The minimum Gasteiger partial charge on any atom is -0.498 e. The zero-order valence-electron chi connectivity index (χ0n) is 18.6. The van der Waals surface area contributed by atoms with Crippen molar-refractivity contribution in [3.8, 4) is 0 Å². The SMILES string of the molecule is C=CCOC=C.C=COC(=O)CCCCCCCCCCCCCCCCC. The van der Waals surface area contributed by atoms with Gasteiger partial charge in [0.05, 0.1) is 12.5 Å². The highest BCUT2D eigenvalue weighted by Crippen LogP contribution is 2.13. The summed E-state index contributed by atoms with van der Waals surface area (Å²) in [5, 5.41) is 0. The second-order valence-corrected chi connectivity index (χ2v) is 7.14. The van der Waals surface area contributed by atoms with Crippen molar-refractivity contribution in [2.24, 2.45) is 0 Å². The molecular formula is C25H46O3. The van der Waals surface area contributed by atoms with E-state index in [1.165, 1.54) is 96.0 Å². The maximum atomic E-state index is 11.1. The summed E-state index contributed by atoms with van der Waals surface area (Å²) >= 11 is 0. The van der Waals surface area contributed by atoms with Gasteiger partial charge in [-0.15, -0.1) is 0 Å². The van der Waals surface area contributed by atoms with Gasteiger partial charge in [-0.3, -0.25) is 4.79 Å². The first-order chi connectivity index (χ1) is 13.7. The Hall–Kier alpha value is -1.51. The maximum absolute atomic E-state index is 11.1. The molecule has 0 bridgehead atoms. The molecule has 0 amide bonds. The number of ether oxygens (including phenoxy) is 2. The Morgan fingerprint density at radius 2 is 1.11 bits per heavy atom. The number of esters is 1. The topological polar surface area (TPSA) is 35.5 Å². The Morgan fingerprint density at radius 3 is 1.43 bits per heavy atom. The van der Waals surface area contributed by atoms with Gasteiger partial charge in [0.2, 0.25) is 0 Å². The Bertz CT molecular complexity index is 342. The third-order valence-electron chi connectivity index (χ3n) is 4.53. The average molecular weight is 395 g/mol. The van der Waals surface area contributed by atoms with E-state index >= 15 is 0 Å². The molecule has 0 aromatic carbocycles. The summed E-state index contributed by atoms with van der Waals surface area (Å²) in [5.41, 5.74) is 0. The lowest BCUT2D eigenvalue weighted by Crippen LogP contribution is -1.98. The lowest BCUT2D eigenvalue weighted by molar-refractivity contribution is -0.138.